The molecular formula is C31H19F8NOS. The topological polar surface area (TPSA) is 22.1 Å². The Kier molecular flexibility index (Phi) is 7.16. The van der Waals surface area contributed by atoms with Gasteiger partial charge >= 0.3 is 6.11 Å². The first-order chi connectivity index (χ1) is 20.0. The molecule has 0 spiro atoms. The number of aromatic nitrogens is 1. The van der Waals surface area contributed by atoms with Crippen LogP contribution in [0, 0.1) is 34.9 Å². The first-order valence-electron chi connectivity index (χ1n) is 12.9. The Morgan fingerprint density at radius 2 is 1.38 bits per heavy atom. The van der Waals surface area contributed by atoms with Crippen LogP contribution in [0.5, 0.6) is 5.75 Å². The van der Waals surface area contributed by atoms with E-state index < -0.39 is 46.5 Å². The molecule has 5 aromatic rings. The molecule has 1 aliphatic carbocycles. The van der Waals surface area contributed by atoms with Crippen LogP contribution < -0.4 is 4.74 Å². The van der Waals surface area contributed by atoms with Gasteiger partial charge in [-0.15, -0.1) is 11.3 Å². The number of thiazole rings is 1. The number of nitrogens with zero attached hydrogens (tertiary/aromatic N) is 1. The van der Waals surface area contributed by atoms with Crippen molar-refractivity contribution < 1.29 is 39.9 Å². The van der Waals surface area contributed by atoms with E-state index in [1.165, 1.54) is 0 Å². The van der Waals surface area contributed by atoms with Crippen LogP contribution >= 0.6 is 11.3 Å². The lowest BCUT2D eigenvalue weighted by Crippen LogP contribution is -2.25. The normalized spacial score (nSPS) is 14.2. The molecule has 1 fully saturated rings. The fourth-order valence-corrected chi connectivity index (χ4v) is 6.25. The summed E-state index contributed by atoms with van der Waals surface area (Å²) in [6.45, 7) is 0. The van der Waals surface area contributed by atoms with Gasteiger partial charge in [0.15, 0.2) is 17.5 Å². The summed E-state index contributed by atoms with van der Waals surface area (Å²) in [5.41, 5.74) is 0.412. The maximum Gasteiger partial charge on any atom is 0.432 e. The number of alkyl halides is 2. The Morgan fingerprint density at radius 1 is 0.714 bits per heavy atom. The average molecular weight is 606 g/mol. The molecular weight excluding hydrogens is 586 g/mol. The Labute approximate surface area is 238 Å². The van der Waals surface area contributed by atoms with Crippen LogP contribution in [0.25, 0.3) is 31.9 Å². The highest BCUT2D eigenvalue weighted by molar-refractivity contribution is 7.21. The molecule has 216 valence electrons. The summed E-state index contributed by atoms with van der Waals surface area (Å²) in [4.78, 5) is 4.33. The third kappa shape index (κ3) is 5.21. The van der Waals surface area contributed by atoms with Gasteiger partial charge in [-0.1, -0.05) is 31.0 Å². The van der Waals surface area contributed by atoms with Gasteiger partial charge in [-0.05, 0) is 60.2 Å². The summed E-state index contributed by atoms with van der Waals surface area (Å²) in [7, 11) is 0. The molecule has 1 saturated carbocycles. The highest BCUT2D eigenvalue weighted by Crippen LogP contribution is 2.40. The minimum Gasteiger partial charge on any atom is -0.429 e. The van der Waals surface area contributed by atoms with E-state index >= 15 is 4.39 Å². The molecule has 0 saturated heterocycles. The van der Waals surface area contributed by atoms with Crippen molar-refractivity contribution >= 4 is 21.6 Å². The molecule has 1 aromatic heterocycles. The standard InChI is InChI=1S/C31H19F8NOS/c32-21-9-16(15-3-1-2-4-15)5-7-20(21)17-6-8-26-27(12-17)42-30(40-26)18-10-22(33)28(23(34)11-18)31(38,39)41-19-13-24(35)29(37)25(36)14-19/h5-15H,1-4H2. The zero-order valence-corrected chi connectivity index (χ0v) is 22.3. The minimum atomic E-state index is -4.71. The second-order valence-electron chi connectivity index (χ2n) is 10.1. The van der Waals surface area contributed by atoms with Crippen molar-refractivity contribution in [1.29, 1.82) is 0 Å². The van der Waals surface area contributed by atoms with Gasteiger partial charge < -0.3 is 4.74 Å². The van der Waals surface area contributed by atoms with Crippen LogP contribution in [0.15, 0.2) is 60.7 Å². The average Bonchev–Trinajstić information content (AvgIpc) is 3.61. The van der Waals surface area contributed by atoms with E-state index in [0.717, 1.165) is 42.6 Å². The zero-order valence-electron chi connectivity index (χ0n) is 21.5. The molecule has 1 aliphatic rings. The van der Waals surface area contributed by atoms with Crippen LogP contribution in [0.3, 0.4) is 0 Å². The maximum atomic E-state index is 15.1. The second kappa shape index (κ2) is 10.7. The molecule has 4 aromatic carbocycles. The quantitative estimate of drug-likeness (QED) is 0.142. The van der Waals surface area contributed by atoms with E-state index in [4.69, 9.17) is 0 Å². The monoisotopic (exact) mass is 605 g/mol. The molecule has 11 heteroatoms. The Balaban J connectivity index is 1.29. The molecule has 0 unspecified atom stereocenters. The first kappa shape index (κ1) is 28.1. The number of benzene rings is 4. The van der Waals surface area contributed by atoms with E-state index in [-0.39, 0.29) is 28.5 Å². The van der Waals surface area contributed by atoms with Gasteiger partial charge in [-0.3, -0.25) is 0 Å². The predicted octanol–water partition coefficient (Wildman–Crippen LogP) is 10.3. The smallest absolute Gasteiger partial charge is 0.429 e. The van der Waals surface area contributed by atoms with Crippen LogP contribution in [0.4, 0.5) is 35.1 Å². The first-order valence-corrected chi connectivity index (χ1v) is 13.7. The SMILES string of the molecule is Fc1cc(C2CCCC2)ccc1-c1ccc2nc(-c3cc(F)c(C(F)(F)Oc4cc(F)c(F)c(F)c4)c(F)c3)sc2c1. The Hall–Kier alpha value is -3.99. The lowest BCUT2D eigenvalue weighted by molar-refractivity contribution is -0.189. The van der Waals surface area contributed by atoms with Crippen molar-refractivity contribution in [2.45, 2.75) is 37.7 Å². The molecule has 2 nitrogen and oxygen atoms in total. The van der Waals surface area contributed by atoms with Gasteiger partial charge in [0.05, 0.1) is 10.2 Å². The number of halogens is 8. The second-order valence-corrected chi connectivity index (χ2v) is 11.1. The van der Waals surface area contributed by atoms with Crippen LogP contribution in [0.2, 0.25) is 0 Å². The van der Waals surface area contributed by atoms with Crippen molar-refractivity contribution in [3.05, 3.63) is 107 Å². The van der Waals surface area contributed by atoms with Crippen LogP contribution in [-0.2, 0) is 6.11 Å². The molecule has 0 atom stereocenters. The van der Waals surface area contributed by atoms with Gasteiger partial charge in [0.25, 0.3) is 0 Å². The summed E-state index contributed by atoms with van der Waals surface area (Å²) in [5.74, 6) is -10.2. The van der Waals surface area contributed by atoms with Crippen molar-refractivity contribution in [2.24, 2.45) is 0 Å². The molecule has 0 bridgehead atoms. The highest BCUT2D eigenvalue weighted by atomic mass is 32.1. The molecule has 6 rings (SSSR count). The van der Waals surface area contributed by atoms with E-state index in [2.05, 4.69) is 9.72 Å². The number of ether oxygens (including phenoxy) is 1. The Bertz CT molecular complexity index is 1780. The summed E-state index contributed by atoms with van der Waals surface area (Å²) < 4.78 is 119. The van der Waals surface area contributed by atoms with E-state index in [0.29, 0.717) is 39.4 Å². The molecule has 0 aliphatic heterocycles. The van der Waals surface area contributed by atoms with Crippen molar-refractivity contribution in [2.75, 3.05) is 0 Å². The molecule has 0 N–H and O–H groups in total. The largest absolute Gasteiger partial charge is 0.432 e. The number of hydrogen-bond donors (Lipinski definition) is 0. The van der Waals surface area contributed by atoms with E-state index in [1.54, 1.807) is 30.3 Å². The van der Waals surface area contributed by atoms with Crippen LogP contribution in [0.1, 0.15) is 42.7 Å². The van der Waals surface area contributed by atoms with Gasteiger partial charge in [0.1, 0.15) is 33.8 Å². The van der Waals surface area contributed by atoms with Gasteiger partial charge in [-0.2, -0.15) is 8.78 Å². The predicted molar refractivity (Wildman–Crippen MR) is 142 cm³/mol. The van der Waals surface area contributed by atoms with Crippen LogP contribution in [-0.4, -0.2) is 4.98 Å². The molecule has 0 amide bonds. The number of rotatable bonds is 6. The van der Waals surface area contributed by atoms with E-state index in [1.807, 2.05) is 6.07 Å². The summed E-state index contributed by atoms with van der Waals surface area (Å²) in [5, 5.41) is 0.107. The molecule has 0 radical (unpaired) electrons. The van der Waals surface area contributed by atoms with Crippen molar-refractivity contribution in [3.8, 4) is 27.4 Å². The van der Waals surface area contributed by atoms with E-state index in [9.17, 15) is 30.7 Å². The summed E-state index contributed by atoms with van der Waals surface area (Å²) in [6, 6.07) is 11.7. The Morgan fingerprint density at radius 3 is 2.02 bits per heavy atom. The summed E-state index contributed by atoms with van der Waals surface area (Å²) in [6.07, 6.45) is -0.374. The minimum absolute atomic E-state index is 0.107. The van der Waals surface area contributed by atoms with Gasteiger partial charge in [-0.25, -0.2) is 31.3 Å². The van der Waals surface area contributed by atoms with Gasteiger partial charge in [0, 0.05) is 23.3 Å². The zero-order chi connectivity index (χ0) is 29.8. The maximum absolute atomic E-state index is 15.1. The fourth-order valence-electron chi connectivity index (χ4n) is 5.26. The fraction of sp³-hybridized carbons (Fsp3) is 0.194. The third-order valence-electron chi connectivity index (χ3n) is 7.30. The lowest BCUT2D eigenvalue weighted by atomic mass is 9.94. The van der Waals surface area contributed by atoms with Crippen molar-refractivity contribution in [3.63, 3.8) is 0 Å². The molecule has 42 heavy (non-hydrogen) atoms. The highest BCUT2D eigenvalue weighted by Gasteiger charge is 2.41. The lowest BCUT2D eigenvalue weighted by Gasteiger charge is -2.20. The third-order valence-corrected chi connectivity index (χ3v) is 8.37. The molecule has 1 heterocycles. The van der Waals surface area contributed by atoms with Crippen molar-refractivity contribution in [1.82, 2.24) is 4.98 Å². The summed E-state index contributed by atoms with van der Waals surface area (Å²) >= 11 is 1.02. The van der Waals surface area contributed by atoms with Gasteiger partial charge in [0.2, 0.25) is 0 Å². The number of fused-ring (bicyclic) bond motifs is 1. The number of hydrogen-bond acceptors (Lipinski definition) is 3.